The summed E-state index contributed by atoms with van der Waals surface area (Å²) < 4.78 is 0. The summed E-state index contributed by atoms with van der Waals surface area (Å²) in [5.74, 6) is -1.84. The van der Waals surface area contributed by atoms with Crippen LogP contribution >= 0.6 is 0 Å². The Kier molecular flexibility index (Phi) is 5.59. The van der Waals surface area contributed by atoms with Crippen molar-refractivity contribution < 1.29 is 19.2 Å². The number of nitrogens with zero attached hydrogens (tertiary/aromatic N) is 1. The normalized spacial score (nSPS) is 27.6. The summed E-state index contributed by atoms with van der Waals surface area (Å²) in [5.41, 5.74) is 1.75. The smallest absolute Gasteiger partial charge is 0.262 e. The lowest BCUT2D eigenvalue weighted by atomic mass is 9.75. The maximum absolute atomic E-state index is 13.3. The maximum Gasteiger partial charge on any atom is 0.262 e. The molecule has 3 aliphatic heterocycles. The van der Waals surface area contributed by atoms with Crippen molar-refractivity contribution in [2.75, 3.05) is 6.54 Å². The van der Waals surface area contributed by atoms with E-state index in [0.29, 0.717) is 23.7 Å². The van der Waals surface area contributed by atoms with Gasteiger partial charge in [-0.2, -0.15) is 0 Å². The summed E-state index contributed by atoms with van der Waals surface area (Å²) in [7, 11) is 0. The average Bonchev–Trinajstić information content (AvgIpc) is 3.04. The van der Waals surface area contributed by atoms with Crippen LogP contribution in [0.1, 0.15) is 84.1 Å². The molecule has 32 heavy (non-hydrogen) atoms. The van der Waals surface area contributed by atoms with Gasteiger partial charge in [0, 0.05) is 24.5 Å². The van der Waals surface area contributed by atoms with E-state index in [4.69, 9.17) is 0 Å². The third kappa shape index (κ3) is 3.75. The largest absolute Gasteiger partial charge is 0.311 e. The molecule has 4 aliphatic rings. The molecule has 1 aliphatic carbocycles. The van der Waals surface area contributed by atoms with E-state index in [1.165, 1.54) is 32.1 Å². The van der Waals surface area contributed by atoms with Gasteiger partial charge in [-0.1, -0.05) is 31.4 Å². The molecule has 2 unspecified atom stereocenters. The first-order valence-corrected chi connectivity index (χ1v) is 11.8. The standard InChI is InChI=1S/C24H30N4O4/c29-19-8-7-18(21(30)27-19)28-22(31)17-6-4-5-15(20(17)23(28)32)14-25-16-9-12-26-24(13-16)10-2-1-3-11-24/h4-6,16,18,25-26H,1-3,7-14H2,(H,27,29,30). The third-order valence-electron chi connectivity index (χ3n) is 7.58. The van der Waals surface area contributed by atoms with Crippen molar-refractivity contribution in [3.05, 3.63) is 34.9 Å². The zero-order valence-corrected chi connectivity index (χ0v) is 18.2. The molecular weight excluding hydrogens is 408 g/mol. The Hall–Kier alpha value is -2.58. The van der Waals surface area contributed by atoms with Gasteiger partial charge in [0.25, 0.3) is 11.8 Å². The fourth-order valence-corrected chi connectivity index (χ4v) is 5.93. The molecule has 3 N–H and O–H groups in total. The van der Waals surface area contributed by atoms with Crippen LogP contribution in [0.15, 0.2) is 18.2 Å². The Morgan fingerprint density at radius 2 is 1.84 bits per heavy atom. The molecule has 0 radical (unpaired) electrons. The van der Waals surface area contributed by atoms with Gasteiger partial charge in [-0.05, 0) is 50.3 Å². The number of hydrogen-bond acceptors (Lipinski definition) is 6. The second-order valence-corrected chi connectivity index (χ2v) is 9.63. The number of piperidine rings is 2. The summed E-state index contributed by atoms with van der Waals surface area (Å²) in [5, 5.41) is 9.64. The molecule has 0 aromatic heterocycles. The molecular formula is C24H30N4O4. The quantitative estimate of drug-likeness (QED) is 0.617. The highest BCUT2D eigenvalue weighted by atomic mass is 16.2. The van der Waals surface area contributed by atoms with Crippen molar-refractivity contribution in [2.24, 2.45) is 0 Å². The van der Waals surface area contributed by atoms with E-state index in [-0.39, 0.29) is 24.3 Å². The van der Waals surface area contributed by atoms with Crippen LogP contribution < -0.4 is 16.0 Å². The van der Waals surface area contributed by atoms with E-state index in [1.54, 1.807) is 12.1 Å². The highest BCUT2D eigenvalue weighted by Gasteiger charge is 2.45. The third-order valence-corrected chi connectivity index (χ3v) is 7.58. The summed E-state index contributed by atoms with van der Waals surface area (Å²) in [4.78, 5) is 51.1. The zero-order chi connectivity index (χ0) is 22.3. The van der Waals surface area contributed by atoms with Crippen LogP contribution in [0.5, 0.6) is 0 Å². The van der Waals surface area contributed by atoms with Crippen molar-refractivity contribution >= 4 is 23.6 Å². The number of rotatable bonds is 4. The second kappa shape index (κ2) is 8.41. The molecule has 3 fully saturated rings. The van der Waals surface area contributed by atoms with E-state index in [2.05, 4.69) is 16.0 Å². The summed E-state index contributed by atoms with van der Waals surface area (Å²) in [6.07, 6.45) is 8.72. The minimum Gasteiger partial charge on any atom is -0.311 e. The van der Waals surface area contributed by atoms with Gasteiger partial charge in [0.2, 0.25) is 11.8 Å². The minimum absolute atomic E-state index is 0.121. The molecule has 3 heterocycles. The van der Waals surface area contributed by atoms with Crippen LogP contribution in [0.4, 0.5) is 0 Å². The SMILES string of the molecule is O=C1CCC(N2C(=O)c3cccc(CNC4CCNC5(CCCCC5)C4)c3C2=O)C(=O)N1. The van der Waals surface area contributed by atoms with Crippen molar-refractivity contribution in [2.45, 2.75) is 82.0 Å². The highest BCUT2D eigenvalue weighted by molar-refractivity contribution is 6.24. The summed E-state index contributed by atoms with van der Waals surface area (Å²) in [6.45, 7) is 1.50. The summed E-state index contributed by atoms with van der Waals surface area (Å²) in [6, 6.07) is 4.75. The van der Waals surface area contributed by atoms with Gasteiger partial charge in [0.05, 0.1) is 11.1 Å². The van der Waals surface area contributed by atoms with Crippen LogP contribution in [0.25, 0.3) is 0 Å². The highest BCUT2D eigenvalue weighted by Crippen LogP contribution is 2.35. The lowest BCUT2D eigenvalue weighted by Crippen LogP contribution is -2.56. The number of nitrogens with one attached hydrogen (secondary N) is 3. The first-order valence-electron chi connectivity index (χ1n) is 11.8. The molecule has 8 heteroatoms. The van der Waals surface area contributed by atoms with Crippen molar-refractivity contribution in [3.8, 4) is 0 Å². The van der Waals surface area contributed by atoms with Gasteiger partial charge in [-0.15, -0.1) is 0 Å². The molecule has 8 nitrogen and oxygen atoms in total. The van der Waals surface area contributed by atoms with Crippen molar-refractivity contribution in [3.63, 3.8) is 0 Å². The molecule has 0 bridgehead atoms. The Bertz CT molecular complexity index is 963. The Morgan fingerprint density at radius 3 is 2.62 bits per heavy atom. The number of amides is 4. The van der Waals surface area contributed by atoms with E-state index in [0.717, 1.165) is 29.8 Å². The monoisotopic (exact) mass is 438 g/mol. The predicted molar refractivity (Wildman–Crippen MR) is 117 cm³/mol. The number of carbonyl (C=O) groups is 4. The number of benzene rings is 1. The van der Waals surface area contributed by atoms with Crippen LogP contribution in [0.2, 0.25) is 0 Å². The Balaban J connectivity index is 1.31. The fourth-order valence-electron chi connectivity index (χ4n) is 5.93. The van der Waals surface area contributed by atoms with Crippen molar-refractivity contribution in [1.82, 2.24) is 20.9 Å². The number of fused-ring (bicyclic) bond motifs is 1. The van der Waals surface area contributed by atoms with Gasteiger partial charge >= 0.3 is 0 Å². The molecule has 2 saturated heterocycles. The first-order chi connectivity index (χ1) is 15.5. The number of hydrogen-bond donors (Lipinski definition) is 3. The Morgan fingerprint density at radius 1 is 1.03 bits per heavy atom. The molecule has 5 rings (SSSR count). The van der Waals surface area contributed by atoms with Gasteiger partial charge in [0.1, 0.15) is 6.04 Å². The molecule has 1 aromatic rings. The maximum atomic E-state index is 13.3. The van der Waals surface area contributed by atoms with Crippen LogP contribution in [0, 0.1) is 0 Å². The van der Waals surface area contributed by atoms with Crippen LogP contribution in [-0.4, -0.2) is 52.7 Å². The molecule has 4 amide bonds. The average molecular weight is 439 g/mol. The Labute approximate surface area is 187 Å². The van der Waals surface area contributed by atoms with Gasteiger partial charge < -0.3 is 10.6 Å². The molecule has 1 spiro atoms. The van der Waals surface area contributed by atoms with E-state index in [9.17, 15) is 19.2 Å². The predicted octanol–water partition coefficient (Wildman–Crippen LogP) is 1.63. The van der Waals surface area contributed by atoms with Gasteiger partial charge in [-0.3, -0.25) is 29.4 Å². The van der Waals surface area contributed by atoms with Crippen molar-refractivity contribution in [1.29, 1.82) is 0 Å². The molecule has 1 aromatic carbocycles. The lowest BCUT2D eigenvalue weighted by molar-refractivity contribution is -0.136. The number of carbonyl (C=O) groups excluding carboxylic acids is 4. The van der Waals surface area contributed by atoms with E-state index in [1.807, 2.05) is 6.07 Å². The molecule has 170 valence electrons. The number of imide groups is 2. The van der Waals surface area contributed by atoms with Crippen LogP contribution in [-0.2, 0) is 16.1 Å². The van der Waals surface area contributed by atoms with E-state index < -0.39 is 23.8 Å². The zero-order valence-electron chi connectivity index (χ0n) is 18.2. The second-order valence-electron chi connectivity index (χ2n) is 9.63. The summed E-state index contributed by atoms with van der Waals surface area (Å²) >= 11 is 0. The lowest BCUT2D eigenvalue weighted by Gasteiger charge is -2.45. The first kappa shape index (κ1) is 21.3. The minimum atomic E-state index is -0.934. The van der Waals surface area contributed by atoms with E-state index >= 15 is 0 Å². The van der Waals surface area contributed by atoms with Gasteiger partial charge in [0.15, 0.2) is 0 Å². The fraction of sp³-hybridized carbons (Fsp3) is 0.583. The molecule has 1 saturated carbocycles. The van der Waals surface area contributed by atoms with Crippen LogP contribution in [0.3, 0.4) is 0 Å². The van der Waals surface area contributed by atoms with Gasteiger partial charge in [-0.25, -0.2) is 0 Å². The topological polar surface area (TPSA) is 108 Å². The molecule has 2 atom stereocenters.